The van der Waals surface area contributed by atoms with Crippen molar-refractivity contribution in [2.45, 2.75) is 51.4 Å². The van der Waals surface area contributed by atoms with E-state index in [2.05, 4.69) is 33.9 Å². The van der Waals surface area contributed by atoms with E-state index in [9.17, 15) is 0 Å². The van der Waals surface area contributed by atoms with Gasteiger partial charge in [-0.3, -0.25) is 0 Å². The molecule has 0 bridgehead atoms. The van der Waals surface area contributed by atoms with Crippen LogP contribution in [0.5, 0.6) is 0 Å². The van der Waals surface area contributed by atoms with Crippen molar-refractivity contribution in [1.29, 1.82) is 0 Å². The molecule has 82 valence electrons. The van der Waals surface area contributed by atoms with E-state index >= 15 is 0 Å². The van der Waals surface area contributed by atoms with E-state index in [-0.39, 0.29) is 6.10 Å². The zero-order valence-corrected chi connectivity index (χ0v) is 10.9. The molecule has 0 aromatic heterocycles. The lowest BCUT2D eigenvalue weighted by Gasteiger charge is -2.31. The smallest absolute Gasteiger partial charge is 0.192 e. The lowest BCUT2D eigenvalue weighted by atomic mass is 10.2. The van der Waals surface area contributed by atoms with Gasteiger partial charge in [-0.05, 0) is 24.6 Å². The molecular formula is C12H24OSi. The van der Waals surface area contributed by atoms with Gasteiger partial charge in [0.1, 0.15) is 0 Å². The van der Waals surface area contributed by atoms with Gasteiger partial charge < -0.3 is 4.43 Å². The third kappa shape index (κ3) is 3.80. The molecule has 0 rings (SSSR count). The van der Waals surface area contributed by atoms with Crippen molar-refractivity contribution in [2.24, 2.45) is 0 Å². The van der Waals surface area contributed by atoms with Crippen LogP contribution < -0.4 is 0 Å². The summed E-state index contributed by atoms with van der Waals surface area (Å²) in [6, 6.07) is 3.59. The van der Waals surface area contributed by atoms with Crippen molar-refractivity contribution >= 4 is 8.32 Å². The molecule has 0 saturated heterocycles. The van der Waals surface area contributed by atoms with E-state index in [0.29, 0.717) is 0 Å². The van der Waals surface area contributed by atoms with E-state index < -0.39 is 8.32 Å². The van der Waals surface area contributed by atoms with E-state index in [1.54, 1.807) is 0 Å². The fourth-order valence-electron chi connectivity index (χ4n) is 1.68. The summed E-state index contributed by atoms with van der Waals surface area (Å²) < 4.78 is 6.22. The summed E-state index contributed by atoms with van der Waals surface area (Å²) in [6.45, 7) is 14.3. The zero-order valence-electron chi connectivity index (χ0n) is 9.88. The number of hydrogen-bond acceptors (Lipinski definition) is 1. The van der Waals surface area contributed by atoms with Crippen LogP contribution in [0.2, 0.25) is 18.1 Å². The topological polar surface area (TPSA) is 9.23 Å². The Kier molecular flexibility index (Phi) is 6.84. The molecule has 0 amide bonds. The SMILES string of the molecule is C=CCC(C=C)O[Si](CC)(CC)CC. The molecule has 0 heterocycles. The van der Waals surface area contributed by atoms with Crippen LogP contribution in [0, 0.1) is 0 Å². The molecule has 0 aliphatic heterocycles. The van der Waals surface area contributed by atoms with Crippen LogP contribution in [-0.2, 0) is 4.43 Å². The van der Waals surface area contributed by atoms with Gasteiger partial charge in [-0.25, -0.2) is 0 Å². The first-order chi connectivity index (χ1) is 6.67. The fraction of sp³-hybridized carbons (Fsp3) is 0.667. The van der Waals surface area contributed by atoms with Gasteiger partial charge in [0.05, 0.1) is 6.10 Å². The van der Waals surface area contributed by atoms with Crippen molar-refractivity contribution in [3.8, 4) is 0 Å². The molecule has 0 aliphatic carbocycles. The molecule has 2 heteroatoms. The standard InChI is InChI=1S/C12H24OSi/c1-6-11-12(7-2)13-14(8-3,9-4)10-5/h6-7,12H,1-2,8-11H2,3-5H3. The van der Waals surface area contributed by atoms with E-state index in [0.717, 1.165) is 6.42 Å². The average molecular weight is 212 g/mol. The first-order valence-corrected chi connectivity index (χ1v) is 8.12. The normalized spacial score (nSPS) is 13.6. The molecule has 0 aliphatic rings. The summed E-state index contributed by atoms with van der Waals surface area (Å²) in [6.07, 6.45) is 4.88. The average Bonchev–Trinajstić information content (AvgIpc) is 2.25. The highest BCUT2D eigenvalue weighted by molar-refractivity contribution is 6.73. The molecular weight excluding hydrogens is 188 g/mol. The van der Waals surface area contributed by atoms with E-state index in [1.165, 1.54) is 18.1 Å². The first-order valence-electron chi connectivity index (χ1n) is 5.59. The van der Waals surface area contributed by atoms with E-state index in [4.69, 9.17) is 4.43 Å². The molecule has 0 N–H and O–H groups in total. The second kappa shape index (κ2) is 7.02. The number of rotatable bonds is 8. The van der Waals surface area contributed by atoms with E-state index in [1.807, 2.05) is 12.2 Å². The lowest BCUT2D eigenvalue weighted by Crippen LogP contribution is -2.39. The third-order valence-electron chi connectivity index (χ3n) is 3.00. The van der Waals surface area contributed by atoms with Crippen LogP contribution >= 0.6 is 0 Å². The summed E-state index contributed by atoms with van der Waals surface area (Å²) in [4.78, 5) is 0. The number of hydrogen-bond donors (Lipinski definition) is 0. The molecule has 1 nitrogen and oxygen atoms in total. The molecule has 0 fully saturated rings. The van der Waals surface area contributed by atoms with Gasteiger partial charge in [-0.1, -0.05) is 32.9 Å². The molecule has 14 heavy (non-hydrogen) atoms. The molecule has 0 aromatic carbocycles. The van der Waals surface area contributed by atoms with Gasteiger partial charge in [0.2, 0.25) is 0 Å². The van der Waals surface area contributed by atoms with Crippen LogP contribution in [0.25, 0.3) is 0 Å². The Morgan fingerprint density at radius 1 is 1.14 bits per heavy atom. The van der Waals surface area contributed by atoms with Crippen molar-refractivity contribution in [1.82, 2.24) is 0 Å². The summed E-state index contributed by atoms with van der Waals surface area (Å²) in [7, 11) is -1.46. The van der Waals surface area contributed by atoms with Gasteiger partial charge in [0.25, 0.3) is 0 Å². The van der Waals surface area contributed by atoms with Gasteiger partial charge in [0.15, 0.2) is 8.32 Å². The molecule has 1 atom stereocenters. The Morgan fingerprint density at radius 3 is 1.93 bits per heavy atom. The predicted octanol–water partition coefficient (Wildman–Crippen LogP) is 4.14. The van der Waals surface area contributed by atoms with Gasteiger partial charge in [0, 0.05) is 0 Å². The van der Waals surface area contributed by atoms with Crippen LogP contribution in [0.15, 0.2) is 25.3 Å². The first kappa shape index (κ1) is 13.7. The summed E-state index contributed by atoms with van der Waals surface area (Å²) in [5, 5.41) is 0. The monoisotopic (exact) mass is 212 g/mol. The van der Waals surface area contributed by atoms with Crippen molar-refractivity contribution in [2.75, 3.05) is 0 Å². The minimum atomic E-state index is -1.46. The van der Waals surface area contributed by atoms with Crippen LogP contribution in [0.4, 0.5) is 0 Å². The lowest BCUT2D eigenvalue weighted by molar-refractivity contribution is 0.236. The maximum Gasteiger partial charge on any atom is 0.192 e. The van der Waals surface area contributed by atoms with Crippen molar-refractivity contribution in [3.05, 3.63) is 25.3 Å². The molecule has 0 radical (unpaired) electrons. The van der Waals surface area contributed by atoms with Crippen LogP contribution in [-0.4, -0.2) is 14.4 Å². The largest absolute Gasteiger partial charge is 0.410 e. The van der Waals surface area contributed by atoms with Crippen LogP contribution in [0.3, 0.4) is 0 Å². The zero-order chi connectivity index (χ0) is 11.0. The summed E-state index contributed by atoms with van der Waals surface area (Å²) >= 11 is 0. The second-order valence-electron chi connectivity index (χ2n) is 3.66. The summed E-state index contributed by atoms with van der Waals surface area (Å²) in [5.41, 5.74) is 0. The van der Waals surface area contributed by atoms with Crippen LogP contribution in [0.1, 0.15) is 27.2 Å². The molecule has 0 aromatic rings. The minimum absolute atomic E-state index is 0.180. The van der Waals surface area contributed by atoms with Crippen molar-refractivity contribution < 1.29 is 4.43 Å². The Balaban J connectivity index is 4.38. The van der Waals surface area contributed by atoms with Gasteiger partial charge >= 0.3 is 0 Å². The Bertz CT molecular complexity index is 165. The quantitative estimate of drug-likeness (QED) is 0.434. The Morgan fingerprint density at radius 2 is 1.64 bits per heavy atom. The Labute approximate surface area is 90.0 Å². The molecule has 1 unspecified atom stereocenters. The minimum Gasteiger partial charge on any atom is -0.410 e. The third-order valence-corrected chi connectivity index (χ3v) is 7.67. The predicted molar refractivity (Wildman–Crippen MR) is 67.1 cm³/mol. The second-order valence-corrected chi connectivity index (χ2v) is 8.38. The summed E-state index contributed by atoms with van der Waals surface area (Å²) in [5.74, 6) is 0. The highest BCUT2D eigenvalue weighted by Crippen LogP contribution is 2.24. The Hall–Kier alpha value is -0.343. The van der Waals surface area contributed by atoms with Gasteiger partial charge in [-0.15, -0.1) is 13.2 Å². The fourth-order valence-corrected chi connectivity index (χ4v) is 4.51. The molecule has 0 saturated carbocycles. The highest BCUT2D eigenvalue weighted by atomic mass is 28.4. The molecule has 0 spiro atoms. The maximum absolute atomic E-state index is 6.22. The highest BCUT2D eigenvalue weighted by Gasteiger charge is 2.30. The van der Waals surface area contributed by atoms with Crippen molar-refractivity contribution in [3.63, 3.8) is 0 Å². The van der Waals surface area contributed by atoms with Gasteiger partial charge in [-0.2, -0.15) is 0 Å². The maximum atomic E-state index is 6.22.